The molecule has 0 bridgehead atoms. The van der Waals surface area contributed by atoms with Crippen molar-refractivity contribution in [1.82, 2.24) is 0 Å². The summed E-state index contributed by atoms with van der Waals surface area (Å²) in [6.07, 6.45) is 0. The van der Waals surface area contributed by atoms with Gasteiger partial charge in [-0.15, -0.1) is 0 Å². The maximum atomic E-state index is 16.9. The maximum Gasteiger partial charge on any atom is 0.150 e. The van der Waals surface area contributed by atoms with Crippen molar-refractivity contribution in [1.29, 1.82) is 0 Å². The second kappa shape index (κ2) is 16.5. The van der Waals surface area contributed by atoms with Gasteiger partial charge in [0.05, 0.1) is 38.9 Å². The molecular formula is C58H48F4N2Si2. The molecule has 0 radical (unpaired) electrons. The molecule has 10 aromatic carbocycles. The summed E-state index contributed by atoms with van der Waals surface area (Å²) >= 11 is 0. The zero-order valence-electron chi connectivity index (χ0n) is 37.7. The molecule has 0 aliphatic heterocycles. The first-order valence-corrected chi connectivity index (χ1v) is 29.3. The van der Waals surface area contributed by atoms with Crippen molar-refractivity contribution in [2.45, 2.75) is 39.3 Å². The summed E-state index contributed by atoms with van der Waals surface area (Å²) in [6.45, 7) is 13.6. The monoisotopic (exact) mass is 904 g/mol. The van der Waals surface area contributed by atoms with Crippen molar-refractivity contribution in [3.8, 4) is 22.3 Å². The van der Waals surface area contributed by atoms with Crippen LogP contribution in [-0.4, -0.2) is 16.1 Å². The number of halogens is 4. The minimum absolute atomic E-state index is 0.228. The third-order valence-electron chi connectivity index (χ3n) is 12.8. The SMILES string of the molecule is C[Si](C)(C)c1ccc(-c2cc(F)cc(F)c2N(c2ccccc2)c2ccc3ccc4c(N(c5ccccc5)c5c(F)cc(F)cc5-c5ccc([Si](C)(C)C)cc5)ccc5ccc2c3c54)cc1. The van der Waals surface area contributed by atoms with E-state index in [2.05, 4.69) is 87.8 Å². The molecule has 0 amide bonds. The zero-order chi connectivity index (χ0) is 46.1. The number of para-hydroxylation sites is 2. The molecule has 326 valence electrons. The molecular weight excluding hydrogens is 857 g/mol. The molecule has 66 heavy (non-hydrogen) atoms. The zero-order valence-corrected chi connectivity index (χ0v) is 39.7. The van der Waals surface area contributed by atoms with E-state index in [1.54, 1.807) is 0 Å². The first-order chi connectivity index (χ1) is 31.7. The van der Waals surface area contributed by atoms with Crippen molar-refractivity contribution in [3.05, 3.63) is 205 Å². The van der Waals surface area contributed by atoms with Gasteiger partial charge >= 0.3 is 0 Å². The third-order valence-corrected chi connectivity index (χ3v) is 16.9. The van der Waals surface area contributed by atoms with Gasteiger partial charge in [-0.3, -0.25) is 0 Å². The van der Waals surface area contributed by atoms with E-state index >= 15 is 17.6 Å². The molecule has 0 N–H and O–H groups in total. The van der Waals surface area contributed by atoms with Crippen LogP contribution in [0.15, 0.2) is 182 Å². The van der Waals surface area contributed by atoms with Gasteiger partial charge in [0.15, 0.2) is 11.6 Å². The van der Waals surface area contributed by atoms with Gasteiger partial charge in [-0.05, 0) is 81.2 Å². The number of nitrogens with zero attached hydrogens (tertiary/aromatic N) is 2. The number of anilines is 6. The molecule has 0 saturated carbocycles. The second-order valence-corrected chi connectivity index (χ2v) is 29.3. The van der Waals surface area contributed by atoms with Crippen molar-refractivity contribution in [3.63, 3.8) is 0 Å². The summed E-state index contributed by atoms with van der Waals surface area (Å²) in [5.41, 5.74) is 5.52. The summed E-state index contributed by atoms with van der Waals surface area (Å²) in [5, 5.41) is 7.97. The highest BCUT2D eigenvalue weighted by molar-refractivity contribution is 6.89. The molecule has 0 saturated heterocycles. The van der Waals surface area contributed by atoms with Crippen LogP contribution in [0, 0.1) is 23.3 Å². The molecule has 10 rings (SSSR count). The minimum atomic E-state index is -1.66. The lowest BCUT2D eigenvalue weighted by molar-refractivity contribution is 0.584. The van der Waals surface area contributed by atoms with Gasteiger partial charge in [-0.25, -0.2) is 17.6 Å². The highest BCUT2D eigenvalue weighted by atomic mass is 28.3. The van der Waals surface area contributed by atoms with Crippen molar-refractivity contribution < 1.29 is 17.6 Å². The lowest BCUT2D eigenvalue weighted by Gasteiger charge is -2.31. The Balaban J connectivity index is 1.22. The van der Waals surface area contributed by atoms with Crippen molar-refractivity contribution >= 4 is 93.0 Å². The summed E-state index contributed by atoms with van der Waals surface area (Å²) in [6, 6.07) is 56.5. The Morgan fingerprint density at radius 3 is 1.06 bits per heavy atom. The average Bonchev–Trinajstić information content (AvgIpc) is 3.30. The summed E-state index contributed by atoms with van der Waals surface area (Å²) < 4.78 is 64.7. The van der Waals surface area contributed by atoms with E-state index in [1.807, 2.05) is 119 Å². The summed E-state index contributed by atoms with van der Waals surface area (Å²) in [7, 11) is -3.32. The van der Waals surface area contributed by atoms with Crippen LogP contribution in [0.3, 0.4) is 0 Å². The van der Waals surface area contributed by atoms with Crippen LogP contribution in [0.4, 0.5) is 51.7 Å². The smallest absolute Gasteiger partial charge is 0.150 e. The van der Waals surface area contributed by atoms with E-state index in [1.165, 1.54) is 22.5 Å². The minimum Gasteiger partial charge on any atom is -0.307 e. The first-order valence-electron chi connectivity index (χ1n) is 22.3. The van der Waals surface area contributed by atoms with Crippen molar-refractivity contribution in [2.75, 3.05) is 9.80 Å². The average molecular weight is 905 g/mol. The standard InChI is InChI=1S/C58H48F4N2Si2/c1-65(2,3)45-25-17-37(18-26-45)49-33-41(59)35-51(61)57(49)63(43-13-9-7-10-14-43)53-31-23-39-22-30-48-54(32-24-40-21-29-47(53)55(39)56(40)48)64(44-15-11-8-12-16-44)58-50(34-42(60)36-52(58)62)38-19-27-46(28-20-38)66(4,5)6/h7-36H,1-6H3. The molecule has 0 spiro atoms. The molecule has 0 heterocycles. The molecule has 0 atom stereocenters. The molecule has 8 heteroatoms. The Morgan fingerprint density at radius 2 is 0.712 bits per heavy atom. The lowest BCUT2D eigenvalue weighted by Crippen LogP contribution is -2.37. The Kier molecular flexibility index (Phi) is 10.7. The van der Waals surface area contributed by atoms with E-state index < -0.39 is 39.4 Å². The van der Waals surface area contributed by atoms with E-state index in [4.69, 9.17) is 0 Å². The van der Waals surface area contributed by atoms with Crippen LogP contribution in [0.2, 0.25) is 39.3 Å². The van der Waals surface area contributed by atoms with Gasteiger partial charge in [0.25, 0.3) is 0 Å². The Labute approximate surface area is 385 Å². The first kappa shape index (κ1) is 42.9. The lowest BCUT2D eigenvalue weighted by atomic mass is 9.91. The quantitative estimate of drug-likeness (QED) is 0.0766. The van der Waals surface area contributed by atoms with Gasteiger partial charge in [-0.2, -0.15) is 0 Å². The molecule has 0 aliphatic rings. The van der Waals surface area contributed by atoms with Crippen LogP contribution in [0.25, 0.3) is 54.6 Å². The summed E-state index contributed by atoms with van der Waals surface area (Å²) in [5.74, 6) is -2.71. The molecule has 2 nitrogen and oxygen atoms in total. The maximum absolute atomic E-state index is 16.9. The van der Waals surface area contributed by atoms with Crippen LogP contribution >= 0.6 is 0 Å². The van der Waals surface area contributed by atoms with Crippen molar-refractivity contribution in [2.24, 2.45) is 0 Å². The van der Waals surface area contributed by atoms with E-state index in [0.29, 0.717) is 45.0 Å². The molecule has 0 unspecified atom stereocenters. The highest BCUT2D eigenvalue weighted by Gasteiger charge is 2.29. The normalized spacial score (nSPS) is 12.1. The van der Waals surface area contributed by atoms with Crippen LogP contribution < -0.4 is 20.2 Å². The topological polar surface area (TPSA) is 6.48 Å². The Morgan fingerprint density at radius 1 is 0.364 bits per heavy atom. The number of rotatable bonds is 10. The van der Waals surface area contributed by atoms with Gasteiger partial charge in [-0.1, -0.05) is 171 Å². The molecule has 0 fully saturated rings. The van der Waals surface area contributed by atoms with Crippen LogP contribution in [-0.2, 0) is 0 Å². The van der Waals surface area contributed by atoms with E-state index in [0.717, 1.165) is 44.5 Å². The molecule has 10 aromatic rings. The van der Waals surface area contributed by atoms with Crippen LogP contribution in [0.1, 0.15) is 0 Å². The van der Waals surface area contributed by atoms with Gasteiger partial charge in [0.1, 0.15) is 11.6 Å². The number of hydrogen-bond donors (Lipinski definition) is 0. The fourth-order valence-corrected chi connectivity index (χ4v) is 11.8. The number of benzene rings is 10. The van der Waals surface area contributed by atoms with Gasteiger partial charge in [0, 0.05) is 45.4 Å². The van der Waals surface area contributed by atoms with Gasteiger partial charge in [0.2, 0.25) is 0 Å². The Hall–Kier alpha value is -7.01. The van der Waals surface area contributed by atoms with Gasteiger partial charge < -0.3 is 9.80 Å². The van der Waals surface area contributed by atoms with E-state index in [-0.39, 0.29) is 11.4 Å². The number of hydrogen-bond acceptors (Lipinski definition) is 2. The third kappa shape index (κ3) is 7.63. The molecule has 0 aliphatic carbocycles. The van der Waals surface area contributed by atoms with Crippen LogP contribution in [0.5, 0.6) is 0 Å². The fraction of sp³-hybridized carbons (Fsp3) is 0.103. The predicted molar refractivity (Wildman–Crippen MR) is 276 cm³/mol. The Bertz CT molecular complexity index is 3190. The second-order valence-electron chi connectivity index (χ2n) is 19.2. The fourth-order valence-electron chi connectivity index (χ4n) is 9.42. The summed E-state index contributed by atoms with van der Waals surface area (Å²) in [4.78, 5) is 3.79. The largest absolute Gasteiger partial charge is 0.307 e. The highest BCUT2D eigenvalue weighted by Crippen LogP contribution is 2.51. The molecule has 0 aromatic heterocycles. The van der Waals surface area contributed by atoms with E-state index in [9.17, 15) is 0 Å². The predicted octanol–water partition coefficient (Wildman–Crippen LogP) is 16.5.